The number of hydrogen-bond acceptors (Lipinski definition) is 1. The Labute approximate surface area is 126 Å². The van der Waals surface area contributed by atoms with Crippen molar-refractivity contribution in [3.63, 3.8) is 0 Å². The topological polar surface area (TPSA) is 12.0 Å². The van der Waals surface area contributed by atoms with Crippen molar-refractivity contribution < 1.29 is 0 Å². The van der Waals surface area contributed by atoms with Crippen LogP contribution in [0.3, 0.4) is 0 Å². The molecule has 0 amide bonds. The molecule has 0 atom stereocenters. The Morgan fingerprint density at radius 2 is 1.40 bits per heavy atom. The average Bonchev–Trinajstić information content (AvgIpc) is 2.50. The molecular weight excluding hydrogens is 242 g/mol. The van der Waals surface area contributed by atoms with E-state index in [2.05, 4.69) is 38.2 Å². The highest BCUT2D eigenvalue weighted by Gasteiger charge is 2.08. The molecule has 0 radical (unpaired) electrons. The standard InChI is InChI=1S/C19H33N/c1-5-16-14-17(6-2)19(18(7-3)15-16)12-10-8-9-11-13-20-4/h14-15,20H,5-13H2,1-4H3. The highest BCUT2D eigenvalue weighted by molar-refractivity contribution is 5.39. The molecule has 0 aliphatic heterocycles. The second kappa shape index (κ2) is 9.99. The fourth-order valence-corrected chi connectivity index (χ4v) is 2.98. The normalized spacial score (nSPS) is 11.0. The molecule has 1 N–H and O–H groups in total. The molecule has 0 spiro atoms. The predicted octanol–water partition coefficient (Wildman–Crippen LogP) is 4.70. The number of aryl methyl sites for hydroxylation is 3. The molecule has 20 heavy (non-hydrogen) atoms. The van der Waals surface area contributed by atoms with E-state index in [1.807, 2.05) is 7.05 Å². The Morgan fingerprint density at radius 3 is 1.90 bits per heavy atom. The molecule has 1 aromatic rings. The summed E-state index contributed by atoms with van der Waals surface area (Å²) < 4.78 is 0. The van der Waals surface area contributed by atoms with Crippen molar-refractivity contribution in [2.75, 3.05) is 13.6 Å². The van der Waals surface area contributed by atoms with Gasteiger partial charge in [-0.25, -0.2) is 0 Å². The first kappa shape index (κ1) is 17.2. The van der Waals surface area contributed by atoms with Gasteiger partial charge in [-0.15, -0.1) is 0 Å². The van der Waals surface area contributed by atoms with Crippen LogP contribution in [0.4, 0.5) is 0 Å². The van der Waals surface area contributed by atoms with Gasteiger partial charge in [-0.05, 0) is 74.4 Å². The van der Waals surface area contributed by atoms with Crippen LogP contribution in [-0.4, -0.2) is 13.6 Å². The van der Waals surface area contributed by atoms with E-state index in [1.165, 1.54) is 50.5 Å². The summed E-state index contributed by atoms with van der Waals surface area (Å²) >= 11 is 0. The monoisotopic (exact) mass is 275 g/mol. The number of rotatable bonds is 10. The summed E-state index contributed by atoms with van der Waals surface area (Å²) in [6, 6.07) is 4.88. The van der Waals surface area contributed by atoms with E-state index in [9.17, 15) is 0 Å². The quantitative estimate of drug-likeness (QED) is 0.611. The van der Waals surface area contributed by atoms with E-state index in [0.717, 1.165) is 13.0 Å². The van der Waals surface area contributed by atoms with Crippen LogP contribution in [0.25, 0.3) is 0 Å². The number of unbranched alkanes of at least 4 members (excludes halogenated alkanes) is 3. The van der Waals surface area contributed by atoms with Gasteiger partial charge in [0.1, 0.15) is 0 Å². The second-order valence-electron chi connectivity index (χ2n) is 5.72. The lowest BCUT2D eigenvalue weighted by atomic mass is 9.90. The third-order valence-corrected chi connectivity index (χ3v) is 4.27. The summed E-state index contributed by atoms with van der Waals surface area (Å²) in [7, 11) is 2.04. The van der Waals surface area contributed by atoms with Crippen LogP contribution in [0.5, 0.6) is 0 Å². The Bertz CT molecular complexity index is 356. The van der Waals surface area contributed by atoms with Crippen LogP contribution in [0, 0.1) is 0 Å². The van der Waals surface area contributed by atoms with Gasteiger partial charge in [-0.2, -0.15) is 0 Å². The predicted molar refractivity (Wildman–Crippen MR) is 90.7 cm³/mol. The zero-order valence-corrected chi connectivity index (χ0v) is 14.0. The summed E-state index contributed by atoms with van der Waals surface area (Å²) in [5.41, 5.74) is 6.35. The second-order valence-corrected chi connectivity index (χ2v) is 5.72. The molecule has 0 heterocycles. The zero-order valence-electron chi connectivity index (χ0n) is 14.0. The fraction of sp³-hybridized carbons (Fsp3) is 0.684. The van der Waals surface area contributed by atoms with Crippen molar-refractivity contribution in [2.24, 2.45) is 0 Å². The van der Waals surface area contributed by atoms with Crippen LogP contribution in [-0.2, 0) is 25.7 Å². The molecule has 0 aromatic heterocycles. The van der Waals surface area contributed by atoms with Crippen molar-refractivity contribution in [3.8, 4) is 0 Å². The highest BCUT2D eigenvalue weighted by atomic mass is 14.8. The van der Waals surface area contributed by atoms with Gasteiger partial charge in [0, 0.05) is 0 Å². The van der Waals surface area contributed by atoms with E-state index in [0.29, 0.717) is 0 Å². The summed E-state index contributed by atoms with van der Waals surface area (Å²) in [4.78, 5) is 0. The molecule has 1 nitrogen and oxygen atoms in total. The van der Waals surface area contributed by atoms with Crippen LogP contribution in [0.1, 0.15) is 68.7 Å². The summed E-state index contributed by atoms with van der Waals surface area (Å²) in [6.45, 7) is 8.01. The van der Waals surface area contributed by atoms with Gasteiger partial charge in [0.15, 0.2) is 0 Å². The minimum Gasteiger partial charge on any atom is -0.320 e. The van der Waals surface area contributed by atoms with E-state index in [-0.39, 0.29) is 0 Å². The summed E-state index contributed by atoms with van der Waals surface area (Å²) in [5.74, 6) is 0. The lowest BCUT2D eigenvalue weighted by Crippen LogP contribution is -2.07. The first-order valence-corrected chi connectivity index (χ1v) is 8.54. The van der Waals surface area contributed by atoms with Crippen molar-refractivity contribution in [2.45, 2.75) is 72.1 Å². The van der Waals surface area contributed by atoms with E-state index < -0.39 is 0 Å². The van der Waals surface area contributed by atoms with Gasteiger partial charge in [-0.1, -0.05) is 45.7 Å². The number of nitrogens with one attached hydrogen (secondary N) is 1. The van der Waals surface area contributed by atoms with Gasteiger partial charge >= 0.3 is 0 Å². The van der Waals surface area contributed by atoms with Crippen LogP contribution >= 0.6 is 0 Å². The maximum absolute atomic E-state index is 3.23. The van der Waals surface area contributed by atoms with Gasteiger partial charge in [0.2, 0.25) is 0 Å². The van der Waals surface area contributed by atoms with Crippen molar-refractivity contribution in [3.05, 3.63) is 34.4 Å². The summed E-state index contributed by atoms with van der Waals surface area (Å²) in [5, 5.41) is 3.23. The smallest absolute Gasteiger partial charge is 0.00519 e. The maximum Gasteiger partial charge on any atom is -0.00519 e. The van der Waals surface area contributed by atoms with Gasteiger partial charge < -0.3 is 5.32 Å². The molecule has 0 bridgehead atoms. The molecule has 0 saturated heterocycles. The minimum atomic E-state index is 1.16. The fourth-order valence-electron chi connectivity index (χ4n) is 2.98. The molecule has 1 rings (SSSR count). The lowest BCUT2D eigenvalue weighted by molar-refractivity contribution is 0.614. The van der Waals surface area contributed by atoms with Gasteiger partial charge in [0.25, 0.3) is 0 Å². The number of benzene rings is 1. The molecule has 0 unspecified atom stereocenters. The molecule has 0 fully saturated rings. The molecule has 0 saturated carbocycles. The maximum atomic E-state index is 3.23. The highest BCUT2D eigenvalue weighted by Crippen LogP contribution is 2.22. The number of hydrogen-bond donors (Lipinski definition) is 1. The van der Waals surface area contributed by atoms with Crippen LogP contribution in [0.2, 0.25) is 0 Å². The molecule has 0 aliphatic rings. The van der Waals surface area contributed by atoms with E-state index in [1.54, 1.807) is 16.7 Å². The first-order chi connectivity index (χ1) is 9.76. The molecule has 1 heteroatoms. The first-order valence-electron chi connectivity index (χ1n) is 8.54. The molecular formula is C19H33N. The molecule has 1 aromatic carbocycles. The lowest BCUT2D eigenvalue weighted by Gasteiger charge is -2.15. The van der Waals surface area contributed by atoms with Crippen molar-refractivity contribution in [1.82, 2.24) is 5.32 Å². The molecule has 114 valence electrons. The zero-order chi connectivity index (χ0) is 14.8. The average molecular weight is 275 g/mol. The summed E-state index contributed by atoms with van der Waals surface area (Å²) in [6.07, 6.45) is 10.2. The van der Waals surface area contributed by atoms with Gasteiger partial charge in [-0.3, -0.25) is 0 Å². The third kappa shape index (κ3) is 5.28. The largest absolute Gasteiger partial charge is 0.320 e. The van der Waals surface area contributed by atoms with Crippen LogP contribution in [0.15, 0.2) is 12.1 Å². The van der Waals surface area contributed by atoms with E-state index >= 15 is 0 Å². The minimum absolute atomic E-state index is 1.16. The Morgan fingerprint density at radius 1 is 0.800 bits per heavy atom. The SMILES string of the molecule is CCc1cc(CC)c(CCCCCCNC)c(CC)c1. The Balaban J connectivity index is 2.63. The third-order valence-electron chi connectivity index (χ3n) is 4.27. The van der Waals surface area contributed by atoms with Crippen LogP contribution < -0.4 is 5.32 Å². The van der Waals surface area contributed by atoms with Crippen molar-refractivity contribution >= 4 is 0 Å². The molecule has 0 aliphatic carbocycles. The van der Waals surface area contributed by atoms with Gasteiger partial charge in [0.05, 0.1) is 0 Å². The Hall–Kier alpha value is -0.820. The van der Waals surface area contributed by atoms with E-state index in [4.69, 9.17) is 0 Å². The van der Waals surface area contributed by atoms with Crippen molar-refractivity contribution in [1.29, 1.82) is 0 Å². The Kier molecular flexibility index (Phi) is 8.60.